The molecule has 0 saturated heterocycles. The summed E-state index contributed by atoms with van der Waals surface area (Å²) in [5.74, 6) is -6.51. The number of benzene rings is 6. The SMILES string of the molecule is Cc1cccc(NC(=O)Cc2ccc(O)c(O)c2O)c1.O=C(Cc1cc(O)c(O)c(O)c1)Nc1cccc(C(F)(F)F)c1.O=C(Cc1ccc(O)c(O)c1O)Nc1cc(Cl)cc(Cl)c1. The molecule has 12 N–H and O–H groups in total. The smallest absolute Gasteiger partial charge is 0.416 e. The number of halogens is 5. The predicted molar refractivity (Wildman–Crippen MR) is 230 cm³/mol. The van der Waals surface area contributed by atoms with Crippen molar-refractivity contribution in [2.45, 2.75) is 32.4 Å². The second-order valence-corrected chi connectivity index (χ2v) is 14.5. The fraction of sp³-hybridized carbons (Fsp3) is 0.114. The number of amides is 3. The molecule has 0 atom stereocenters. The Morgan fingerprint density at radius 2 is 0.922 bits per heavy atom. The van der Waals surface area contributed by atoms with E-state index in [9.17, 15) is 73.5 Å². The van der Waals surface area contributed by atoms with Crippen molar-refractivity contribution in [2.24, 2.45) is 0 Å². The van der Waals surface area contributed by atoms with Crippen LogP contribution in [0.5, 0.6) is 51.7 Å². The number of phenolic OH excluding ortho intramolecular Hbond substituents is 9. The van der Waals surface area contributed by atoms with Gasteiger partial charge in [-0.05, 0) is 90.8 Å². The molecule has 0 unspecified atom stereocenters. The molecule has 0 bridgehead atoms. The van der Waals surface area contributed by atoms with Crippen molar-refractivity contribution in [3.05, 3.63) is 141 Å². The number of carbonyl (C=O) groups is 3. The largest absolute Gasteiger partial charge is 0.504 e. The highest BCUT2D eigenvalue weighted by Gasteiger charge is 2.30. The Kier molecular flexibility index (Phi) is 16.4. The number of aromatic hydroxyl groups is 9. The molecule has 336 valence electrons. The average Bonchev–Trinajstić information content (AvgIpc) is 3.20. The molecule has 20 heteroatoms. The van der Waals surface area contributed by atoms with Crippen LogP contribution < -0.4 is 16.0 Å². The van der Waals surface area contributed by atoms with Crippen LogP contribution in [-0.2, 0) is 39.8 Å². The van der Waals surface area contributed by atoms with E-state index in [2.05, 4.69) is 16.0 Å². The number of hydrogen-bond acceptors (Lipinski definition) is 12. The fourth-order valence-electron chi connectivity index (χ4n) is 5.54. The minimum absolute atomic E-state index is 0.0305. The highest BCUT2D eigenvalue weighted by Crippen LogP contribution is 2.39. The molecule has 0 aliphatic rings. The predicted octanol–water partition coefficient (Wildman–Crippen LogP) is 8.59. The summed E-state index contributed by atoms with van der Waals surface area (Å²) in [6.07, 6.45) is -5.12. The second-order valence-electron chi connectivity index (χ2n) is 13.6. The van der Waals surface area contributed by atoms with E-state index in [0.717, 1.165) is 35.9 Å². The van der Waals surface area contributed by atoms with E-state index in [0.29, 0.717) is 21.4 Å². The molecule has 0 heterocycles. The Balaban J connectivity index is 0.000000211. The van der Waals surface area contributed by atoms with Gasteiger partial charge in [-0.1, -0.05) is 53.5 Å². The number of rotatable bonds is 9. The molecule has 6 aromatic rings. The molecule has 0 aliphatic carbocycles. The summed E-state index contributed by atoms with van der Waals surface area (Å²) in [4.78, 5) is 35.6. The van der Waals surface area contributed by atoms with E-state index < -0.39 is 75.3 Å². The lowest BCUT2D eigenvalue weighted by molar-refractivity contribution is -0.137. The third-order valence-electron chi connectivity index (χ3n) is 8.54. The zero-order valence-corrected chi connectivity index (χ0v) is 34.6. The Labute approximate surface area is 371 Å². The lowest BCUT2D eigenvalue weighted by Gasteiger charge is -2.10. The van der Waals surface area contributed by atoms with Crippen molar-refractivity contribution in [1.82, 2.24) is 0 Å². The molecule has 0 saturated carbocycles. The maximum absolute atomic E-state index is 12.6. The standard InChI is InChI=1S/C15H12F3NO4.C15H15NO4.C14H11Cl2NO4/c16-15(17,18)9-2-1-3-10(7-9)19-13(22)6-8-4-11(20)14(23)12(21)5-8;1-9-3-2-4-11(7-9)16-13(18)8-10-5-6-12(17)15(20)14(10)19;15-8-4-9(16)6-10(5-8)17-12(19)3-7-1-2-11(18)14(21)13(7)20/h1-5,7,20-21,23H,6H2,(H,19,22);2-7,17,19-20H,8H2,1H3,(H,16,18);1-2,4-6,18,20-21H,3H2,(H,17,19). The van der Waals surface area contributed by atoms with Gasteiger partial charge in [0.25, 0.3) is 0 Å². The number of hydrogen-bond donors (Lipinski definition) is 12. The van der Waals surface area contributed by atoms with Crippen LogP contribution in [0.25, 0.3) is 0 Å². The van der Waals surface area contributed by atoms with Crippen LogP contribution in [0, 0.1) is 6.92 Å². The molecule has 0 spiro atoms. The third kappa shape index (κ3) is 14.2. The monoisotopic (exact) mass is 927 g/mol. The minimum atomic E-state index is -4.52. The number of alkyl halides is 3. The summed E-state index contributed by atoms with van der Waals surface area (Å²) in [6.45, 7) is 1.92. The van der Waals surface area contributed by atoms with Gasteiger partial charge in [0.15, 0.2) is 40.2 Å². The molecule has 6 aromatic carbocycles. The van der Waals surface area contributed by atoms with E-state index in [1.807, 2.05) is 25.1 Å². The summed E-state index contributed by atoms with van der Waals surface area (Å²) in [5.41, 5.74) is 1.78. The second kappa shape index (κ2) is 21.4. The Morgan fingerprint density at radius 3 is 1.39 bits per heavy atom. The van der Waals surface area contributed by atoms with E-state index >= 15 is 0 Å². The minimum Gasteiger partial charge on any atom is -0.504 e. The summed E-state index contributed by atoms with van der Waals surface area (Å²) >= 11 is 11.6. The molecule has 6 rings (SSSR count). The van der Waals surface area contributed by atoms with Crippen LogP contribution >= 0.6 is 23.2 Å². The van der Waals surface area contributed by atoms with Gasteiger partial charge in [-0.25, -0.2) is 0 Å². The first kappa shape index (κ1) is 49.0. The van der Waals surface area contributed by atoms with E-state index in [-0.39, 0.29) is 47.5 Å². The summed E-state index contributed by atoms with van der Waals surface area (Å²) in [7, 11) is 0. The lowest BCUT2D eigenvalue weighted by atomic mass is 10.1. The lowest BCUT2D eigenvalue weighted by Crippen LogP contribution is -2.15. The van der Waals surface area contributed by atoms with Gasteiger partial charge in [0.1, 0.15) is 0 Å². The van der Waals surface area contributed by atoms with Crippen LogP contribution in [-0.4, -0.2) is 63.7 Å². The first-order valence-corrected chi connectivity index (χ1v) is 19.0. The quantitative estimate of drug-likeness (QED) is 0.0608. The van der Waals surface area contributed by atoms with Crippen LogP contribution in [0.15, 0.2) is 103 Å². The van der Waals surface area contributed by atoms with Crippen LogP contribution in [0.1, 0.15) is 27.8 Å². The Bertz CT molecular complexity index is 2640. The molecule has 3 amide bonds. The Hall–Kier alpha value is -7.70. The van der Waals surface area contributed by atoms with Gasteiger partial charge < -0.3 is 61.9 Å². The van der Waals surface area contributed by atoms with Crippen molar-refractivity contribution < 1.29 is 73.5 Å². The molecular weight excluding hydrogens is 890 g/mol. The van der Waals surface area contributed by atoms with Gasteiger partial charge in [-0.3, -0.25) is 14.4 Å². The van der Waals surface area contributed by atoms with Crippen molar-refractivity contribution in [1.29, 1.82) is 0 Å². The van der Waals surface area contributed by atoms with Crippen molar-refractivity contribution in [2.75, 3.05) is 16.0 Å². The molecule has 0 aliphatic heterocycles. The normalized spacial score (nSPS) is 10.7. The molecule has 0 fully saturated rings. The van der Waals surface area contributed by atoms with E-state index in [1.165, 1.54) is 48.5 Å². The molecule has 0 radical (unpaired) electrons. The highest BCUT2D eigenvalue weighted by atomic mass is 35.5. The molecule has 64 heavy (non-hydrogen) atoms. The number of anilines is 3. The fourth-order valence-corrected chi connectivity index (χ4v) is 6.06. The third-order valence-corrected chi connectivity index (χ3v) is 8.98. The topological polar surface area (TPSA) is 269 Å². The maximum atomic E-state index is 12.6. The van der Waals surface area contributed by atoms with Crippen molar-refractivity contribution in [3.8, 4) is 51.7 Å². The van der Waals surface area contributed by atoms with Gasteiger partial charge in [-0.15, -0.1) is 0 Å². The van der Waals surface area contributed by atoms with Gasteiger partial charge in [0.2, 0.25) is 29.2 Å². The molecule has 15 nitrogen and oxygen atoms in total. The maximum Gasteiger partial charge on any atom is 0.416 e. The van der Waals surface area contributed by atoms with Gasteiger partial charge in [0, 0.05) is 38.2 Å². The highest BCUT2D eigenvalue weighted by molar-refractivity contribution is 6.35. The summed E-state index contributed by atoms with van der Waals surface area (Å²) in [6, 6.07) is 23.3. The first-order chi connectivity index (χ1) is 30.0. The number of aryl methyl sites for hydroxylation is 1. The number of nitrogens with one attached hydrogen (secondary N) is 3. The van der Waals surface area contributed by atoms with E-state index in [4.69, 9.17) is 23.2 Å². The average molecular weight is 929 g/mol. The molecule has 0 aromatic heterocycles. The zero-order chi connectivity index (χ0) is 47.5. The van der Waals surface area contributed by atoms with Gasteiger partial charge >= 0.3 is 6.18 Å². The Morgan fingerprint density at radius 1 is 0.484 bits per heavy atom. The number of phenols is 9. The number of carbonyl (C=O) groups excluding carboxylic acids is 3. The van der Waals surface area contributed by atoms with E-state index in [1.54, 1.807) is 6.07 Å². The summed E-state index contributed by atoms with van der Waals surface area (Å²) < 4.78 is 37.8. The molecular formula is C44H38Cl2F3N3O12. The van der Waals surface area contributed by atoms with Crippen LogP contribution in [0.2, 0.25) is 10.0 Å². The summed E-state index contributed by atoms with van der Waals surface area (Å²) in [5, 5.41) is 92.7. The van der Waals surface area contributed by atoms with Crippen molar-refractivity contribution in [3.63, 3.8) is 0 Å². The van der Waals surface area contributed by atoms with Gasteiger partial charge in [0.05, 0.1) is 24.8 Å². The first-order valence-electron chi connectivity index (χ1n) is 18.3. The van der Waals surface area contributed by atoms with Crippen LogP contribution in [0.3, 0.4) is 0 Å². The van der Waals surface area contributed by atoms with Gasteiger partial charge in [-0.2, -0.15) is 13.2 Å². The zero-order valence-electron chi connectivity index (χ0n) is 33.1. The van der Waals surface area contributed by atoms with Crippen molar-refractivity contribution >= 4 is 58.0 Å². The van der Waals surface area contributed by atoms with Crippen LogP contribution in [0.4, 0.5) is 30.2 Å².